The number of aliphatic carboxylic acids is 1. The lowest BCUT2D eigenvalue weighted by atomic mass is 10.1. The zero-order valence-electron chi connectivity index (χ0n) is 17.9. The second kappa shape index (κ2) is 10.3. The molecule has 3 aromatic rings. The van der Waals surface area contributed by atoms with E-state index in [0.29, 0.717) is 23.5 Å². The van der Waals surface area contributed by atoms with Crippen LogP contribution in [-0.2, 0) is 11.3 Å². The Morgan fingerprint density at radius 2 is 1.81 bits per heavy atom. The van der Waals surface area contributed by atoms with Gasteiger partial charge in [0.15, 0.2) is 0 Å². The summed E-state index contributed by atoms with van der Waals surface area (Å²) in [6.45, 7) is 3.88. The van der Waals surface area contributed by atoms with Gasteiger partial charge >= 0.3 is 12.0 Å². The first-order valence-electron chi connectivity index (χ1n) is 10.2. The number of anilines is 1. The maximum Gasteiger partial charge on any atom is 0.325 e. The van der Waals surface area contributed by atoms with Crippen molar-refractivity contribution < 1.29 is 19.5 Å². The lowest BCUT2D eigenvalue weighted by Crippen LogP contribution is -2.40. The summed E-state index contributed by atoms with van der Waals surface area (Å²) in [5.41, 5.74) is 3.75. The summed E-state index contributed by atoms with van der Waals surface area (Å²) in [5, 5.41) is 13.8. The topological polar surface area (TPSA) is 100 Å². The van der Waals surface area contributed by atoms with Crippen molar-refractivity contribution in [2.45, 2.75) is 26.4 Å². The van der Waals surface area contributed by atoms with E-state index in [0.717, 1.165) is 11.1 Å². The first-order valence-corrected chi connectivity index (χ1v) is 10.2. The van der Waals surface area contributed by atoms with Crippen LogP contribution < -0.4 is 10.6 Å². The van der Waals surface area contributed by atoms with E-state index in [1.807, 2.05) is 66.2 Å². The Kier molecular flexibility index (Phi) is 7.23. The predicted molar refractivity (Wildman–Crippen MR) is 124 cm³/mol. The Balaban J connectivity index is 1.64. The Morgan fingerprint density at radius 1 is 1.06 bits per heavy atom. The molecule has 0 radical (unpaired) electrons. The molecule has 1 heterocycles. The van der Waals surface area contributed by atoms with Crippen LogP contribution in [0.1, 0.15) is 34.1 Å². The standard InChI is InChI=1S/C25H25N3O4/c1-17-10-12-20(13-11-17)23(29)22-9-5-15-28(22)14-4-7-19-6-3-8-21(16-19)27-25(32)26-18(2)24(30)31/h3-13,15-16,18H,14H2,1-2H3,(H,30,31)(H2,26,27,32)/b7-4+/t18-/m1/s1. The SMILES string of the molecule is Cc1ccc(C(=O)c2cccn2C/C=C/c2cccc(NC(=O)N[C@H](C)C(=O)O)c2)cc1. The first kappa shape index (κ1) is 22.6. The summed E-state index contributed by atoms with van der Waals surface area (Å²) in [7, 11) is 0. The highest BCUT2D eigenvalue weighted by atomic mass is 16.4. The van der Waals surface area contributed by atoms with Gasteiger partial charge in [0.1, 0.15) is 6.04 Å². The highest BCUT2D eigenvalue weighted by molar-refractivity contribution is 6.08. The number of nitrogens with zero attached hydrogens (tertiary/aromatic N) is 1. The van der Waals surface area contributed by atoms with E-state index in [9.17, 15) is 14.4 Å². The van der Waals surface area contributed by atoms with Gasteiger partial charge in [-0.25, -0.2) is 4.79 Å². The van der Waals surface area contributed by atoms with Gasteiger partial charge < -0.3 is 20.3 Å². The van der Waals surface area contributed by atoms with Gasteiger partial charge in [-0.05, 0) is 43.7 Å². The third kappa shape index (κ3) is 5.95. The molecule has 3 rings (SSSR count). The predicted octanol–water partition coefficient (Wildman–Crippen LogP) is 4.34. The number of allylic oxidation sites excluding steroid dienone is 1. The molecule has 164 valence electrons. The molecule has 2 amide bonds. The Bertz CT molecular complexity index is 1150. The number of nitrogens with one attached hydrogen (secondary N) is 2. The number of hydrogen-bond acceptors (Lipinski definition) is 3. The number of rotatable bonds is 8. The van der Waals surface area contributed by atoms with Crippen molar-refractivity contribution in [2.75, 3.05) is 5.32 Å². The smallest absolute Gasteiger partial charge is 0.325 e. The van der Waals surface area contributed by atoms with Crippen LogP contribution in [0.5, 0.6) is 0 Å². The van der Waals surface area contributed by atoms with Crippen LogP contribution in [0, 0.1) is 6.92 Å². The number of carboxylic acid groups (broad SMARTS) is 1. The summed E-state index contributed by atoms with van der Waals surface area (Å²) in [4.78, 5) is 35.6. The molecule has 1 atom stereocenters. The van der Waals surface area contributed by atoms with E-state index in [1.165, 1.54) is 6.92 Å². The molecule has 1 aromatic heterocycles. The molecule has 0 aliphatic rings. The van der Waals surface area contributed by atoms with Crippen molar-refractivity contribution in [3.8, 4) is 0 Å². The van der Waals surface area contributed by atoms with Gasteiger partial charge in [-0.2, -0.15) is 0 Å². The van der Waals surface area contributed by atoms with Crippen molar-refractivity contribution in [1.82, 2.24) is 9.88 Å². The minimum Gasteiger partial charge on any atom is -0.480 e. The minimum atomic E-state index is -1.11. The number of carboxylic acids is 1. The van der Waals surface area contributed by atoms with Gasteiger partial charge in [0.25, 0.3) is 0 Å². The van der Waals surface area contributed by atoms with Crippen LogP contribution in [0.15, 0.2) is 72.9 Å². The molecule has 7 nitrogen and oxygen atoms in total. The van der Waals surface area contributed by atoms with Crippen LogP contribution in [0.25, 0.3) is 6.08 Å². The molecule has 0 bridgehead atoms. The van der Waals surface area contributed by atoms with Crippen molar-refractivity contribution in [3.63, 3.8) is 0 Å². The maximum atomic E-state index is 12.8. The maximum absolute atomic E-state index is 12.8. The van der Waals surface area contributed by atoms with E-state index >= 15 is 0 Å². The molecular weight excluding hydrogens is 406 g/mol. The number of benzene rings is 2. The fourth-order valence-corrected chi connectivity index (χ4v) is 3.08. The number of aromatic nitrogens is 1. The number of amides is 2. The molecule has 0 fully saturated rings. The number of urea groups is 1. The number of carbonyl (C=O) groups is 3. The summed E-state index contributed by atoms with van der Waals surface area (Å²) in [6.07, 6.45) is 5.68. The van der Waals surface area contributed by atoms with E-state index in [4.69, 9.17) is 5.11 Å². The lowest BCUT2D eigenvalue weighted by molar-refractivity contribution is -0.138. The van der Waals surface area contributed by atoms with Crippen molar-refractivity contribution in [1.29, 1.82) is 0 Å². The van der Waals surface area contributed by atoms with Crippen LogP contribution in [0.2, 0.25) is 0 Å². The Morgan fingerprint density at radius 3 is 2.53 bits per heavy atom. The van der Waals surface area contributed by atoms with Crippen LogP contribution in [0.3, 0.4) is 0 Å². The fourth-order valence-electron chi connectivity index (χ4n) is 3.08. The molecule has 7 heteroatoms. The number of aryl methyl sites for hydroxylation is 1. The van der Waals surface area contributed by atoms with Crippen LogP contribution >= 0.6 is 0 Å². The minimum absolute atomic E-state index is 0.0313. The van der Waals surface area contributed by atoms with Gasteiger partial charge in [0.05, 0.1) is 5.69 Å². The zero-order chi connectivity index (χ0) is 23.1. The second-order valence-electron chi connectivity index (χ2n) is 7.43. The summed E-state index contributed by atoms with van der Waals surface area (Å²) >= 11 is 0. The quantitative estimate of drug-likeness (QED) is 0.462. The third-order valence-electron chi connectivity index (χ3n) is 4.85. The monoisotopic (exact) mass is 431 g/mol. The van der Waals surface area contributed by atoms with E-state index in [2.05, 4.69) is 10.6 Å². The highest BCUT2D eigenvalue weighted by Crippen LogP contribution is 2.14. The molecule has 2 aromatic carbocycles. The summed E-state index contributed by atoms with van der Waals surface area (Å²) in [5.74, 6) is -1.14. The van der Waals surface area contributed by atoms with Crippen LogP contribution in [0.4, 0.5) is 10.5 Å². The van der Waals surface area contributed by atoms with E-state index < -0.39 is 18.0 Å². The molecule has 32 heavy (non-hydrogen) atoms. The van der Waals surface area contributed by atoms with Gasteiger partial charge in [0.2, 0.25) is 5.78 Å². The van der Waals surface area contributed by atoms with Crippen molar-refractivity contribution >= 4 is 29.5 Å². The van der Waals surface area contributed by atoms with E-state index in [1.54, 1.807) is 24.3 Å². The molecule has 0 spiro atoms. The average molecular weight is 431 g/mol. The molecular formula is C25H25N3O4. The van der Waals surface area contributed by atoms with Crippen molar-refractivity contribution in [3.05, 3.63) is 95.3 Å². The normalized spacial score (nSPS) is 11.8. The molecule has 0 aliphatic heterocycles. The molecule has 3 N–H and O–H groups in total. The summed E-state index contributed by atoms with van der Waals surface area (Å²) < 4.78 is 1.88. The highest BCUT2D eigenvalue weighted by Gasteiger charge is 2.14. The average Bonchev–Trinajstić information content (AvgIpc) is 3.22. The fraction of sp³-hybridized carbons (Fsp3) is 0.160. The van der Waals surface area contributed by atoms with Gasteiger partial charge in [-0.3, -0.25) is 9.59 Å². The Hall–Kier alpha value is -4.13. The number of hydrogen-bond donors (Lipinski definition) is 3. The van der Waals surface area contributed by atoms with Gasteiger partial charge in [0, 0.05) is 24.0 Å². The van der Waals surface area contributed by atoms with Gasteiger partial charge in [-0.15, -0.1) is 0 Å². The molecule has 0 saturated heterocycles. The largest absolute Gasteiger partial charge is 0.480 e. The second-order valence-corrected chi connectivity index (χ2v) is 7.43. The summed E-state index contributed by atoms with van der Waals surface area (Å²) in [6, 6.07) is 16.7. The molecule has 0 saturated carbocycles. The Labute approximate surface area is 186 Å². The number of ketones is 1. The lowest BCUT2D eigenvalue weighted by Gasteiger charge is -2.11. The van der Waals surface area contributed by atoms with Gasteiger partial charge in [-0.1, -0.05) is 54.1 Å². The third-order valence-corrected chi connectivity index (χ3v) is 4.85. The van der Waals surface area contributed by atoms with E-state index in [-0.39, 0.29) is 5.78 Å². The first-order chi connectivity index (χ1) is 15.3. The van der Waals surface area contributed by atoms with Crippen molar-refractivity contribution in [2.24, 2.45) is 0 Å². The zero-order valence-corrected chi connectivity index (χ0v) is 17.9. The van der Waals surface area contributed by atoms with Crippen LogP contribution in [-0.4, -0.2) is 33.5 Å². The number of carbonyl (C=O) groups excluding carboxylic acids is 2. The molecule has 0 unspecified atom stereocenters. The molecule has 0 aliphatic carbocycles.